The van der Waals surface area contributed by atoms with Crippen molar-refractivity contribution in [1.82, 2.24) is 9.97 Å². The van der Waals surface area contributed by atoms with Crippen LogP contribution in [0.4, 0.5) is 0 Å². The van der Waals surface area contributed by atoms with Gasteiger partial charge in [0.15, 0.2) is 0 Å². The Hall–Kier alpha value is -2.68. The second kappa shape index (κ2) is 11.0. The Kier molecular flexibility index (Phi) is 7.80. The molecule has 1 aliphatic carbocycles. The highest BCUT2D eigenvalue weighted by Crippen LogP contribution is 2.36. The molecule has 1 aliphatic rings. The molecule has 2 heterocycles. The van der Waals surface area contributed by atoms with Crippen LogP contribution in [-0.2, 0) is 0 Å². The normalized spacial score (nSPS) is 19.4. The molecule has 174 valence electrons. The Labute approximate surface area is 199 Å². The minimum Gasteiger partial charge on any atom is -0.478 e. The minimum absolute atomic E-state index is 0.247. The van der Waals surface area contributed by atoms with Crippen LogP contribution in [0.2, 0.25) is 0 Å². The molecule has 1 atom stereocenters. The minimum atomic E-state index is 0.247. The van der Waals surface area contributed by atoms with Crippen LogP contribution in [-0.4, -0.2) is 16.6 Å². The number of pyridine rings is 2. The fourth-order valence-electron chi connectivity index (χ4n) is 4.72. The zero-order valence-corrected chi connectivity index (χ0v) is 20.6. The van der Waals surface area contributed by atoms with Crippen molar-refractivity contribution >= 4 is 0 Å². The topological polar surface area (TPSA) is 35.0 Å². The summed E-state index contributed by atoms with van der Waals surface area (Å²) in [5.74, 6) is 3.19. The zero-order valence-electron chi connectivity index (χ0n) is 20.6. The molecular formula is C30H38N2O. The second-order valence-corrected chi connectivity index (χ2v) is 10.2. The second-order valence-electron chi connectivity index (χ2n) is 10.2. The lowest BCUT2D eigenvalue weighted by molar-refractivity contribution is 0.279. The van der Waals surface area contributed by atoms with E-state index in [1.807, 2.05) is 18.5 Å². The first-order valence-corrected chi connectivity index (χ1v) is 12.6. The number of benzene rings is 1. The third-order valence-electron chi connectivity index (χ3n) is 7.16. The first-order valence-electron chi connectivity index (χ1n) is 12.6. The van der Waals surface area contributed by atoms with Crippen LogP contribution in [0.3, 0.4) is 0 Å². The van der Waals surface area contributed by atoms with Crippen molar-refractivity contribution in [1.29, 1.82) is 0 Å². The predicted octanol–water partition coefficient (Wildman–Crippen LogP) is 8.01. The van der Waals surface area contributed by atoms with E-state index in [1.54, 1.807) is 0 Å². The molecule has 3 heteroatoms. The van der Waals surface area contributed by atoms with Gasteiger partial charge in [-0.2, -0.15) is 0 Å². The van der Waals surface area contributed by atoms with Crippen LogP contribution in [0.15, 0.2) is 60.9 Å². The van der Waals surface area contributed by atoms with Gasteiger partial charge in [0.25, 0.3) is 0 Å². The quantitative estimate of drug-likeness (QED) is 0.354. The maximum Gasteiger partial charge on any atom is 0.213 e. The molecule has 1 fully saturated rings. The standard InChI is InChI=1S/C30H38N2O/c1-21(2)16-18-33-30-14-13-28(20-32-30)27-15-17-31-29(19-27)23(4)24-9-11-26(12-10-24)25-7-5-22(3)6-8-25/h9-15,17,19-23,25H,5-8,16,18H2,1-4H3. The van der Waals surface area contributed by atoms with Crippen molar-refractivity contribution in [2.24, 2.45) is 11.8 Å². The first-order chi connectivity index (χ1) is 16.0. The molecule has 0 bridgehead atoms. The van der Waals surface area contributed by atoms with Gasteiger partial charge < -0.3 is 4.74 Å². The number of hydrogen-bond donors (Lipinski definition) is 0. The van der Waals surface area contributed by atoms with E-state index in [1.165, 1.54) is 36.8 Å². The van der Waals surface area contributed by atoms with Gasteiger partial charge in [-0.15, -0.1) is 0 Å². The maximum atomic E-state index is 5.76. The highest BCUT2D eigenvalue weighted by atomic mass is 16.5. The van der Waals surface area contributed by atoms with Gasteiger partial charge in [0.1, 0.15) is 0 Å². The average Bonchev–Trinajstić information content (AvgIpc) is 2.84. The number of nitrogens with zero attached hydrogens (tertiary/aromatic N) is 2. The van der Waals surface area contributed by atoms with E-state index >= 15 is 0 Å². The molecule has 3 aromatic rings. The van der Waals surface area contributed by atoms with Crippen LogP contribution in [0.1, 0.15) is 88.5 Å². The lowest BCUT2D eigenvalue weighted by Gasteiger charge is -2.26. The van der Waals surface area contributed by atoms with Crippen molar-refractivity contribution in [3.05, 3.63) is 77.7 Å². The fourth-order valence-corrected chi connectivity index (χ4v) is 4.72. The highest BCUT2D eigenvalue weighted by molar-refractivity contribution is 5.63. The summed E-state index contributed by atoms with van der Waals surface area (Å²) < 4.78 is 5.76. The van der Waals surface area contributed by atoms with E-state index in [-0.39, 0.29) is 5.92 Å². The van der Waals surface area contributed by atoms with Crippen LogP contribution in [0.25, 0.3) is 11.1 Å². The van der Waals surface area contributed by atoms with Crippen molar-refractivity contribution < 1.29 is 4.74 Å². The molecule has 0 saturated heterocycles. The Morgan fingerprint density at radius 1 is 0.879 bits per heavy atom. The highest BCUT2D eigenvalue weighted by Gasteiger charge is 2.20. The van der Waals surface area contributed by atoms with Crippen molar-refractivity contribution in [2.45, 2.75) is 71.6 Å². The van der Waals surface area contributed by atoms with Gasteiger partial charge in [-0.3, -0.25) is 4.98 Å². The van der Waals surface area contributed by atoms with E-state index in [2.05, 4.69) is 75.1 Å². The van der Waals surface area contributed by atoms with Gasteiger partial charge in [-0.1, -0.05) is 64.8 Å². The van der Waals surface area contributed by atoms with Crippen LogP contribution < -0.4 is 4.74 Å². The van der Waals surface area contributed by atoms with Gasteiger partial charge in [0.05, 0.1) is 6.61 Å². The molecule has 0 spiro atoms. The van der Waals surface area contributed by atoms with E-state index in [9.17, 15) is 0 Å². The molecular weight excluding hydrogens is 404 g/mol. The largest absolute Gasteiger partial charge is 0.478 e. The molecule has 1 aromatic carbocycles. The van der Waals surface area contributed by atoms with E-state index in [0.717, 1.165) is 35.1 Å². The molecule has 0 N–H and O–H groups in total. The lowest BCUT2D eigenvalue weighted by atomic mass is 9.79. The number of rotatable bonds is 8. The van der Waals surface area contributed by atoms with Crippen molar-refractivity contribution in [3.63, 3.8) is 0 Å². The molecule has 4 rings (SSSR count). The Morgan fingerprint density at radius 2 is 1.64 bits per heavy atom. The van der Waals surface area contributed by atoms with Gasteiger partial charge in [0.2, 0.25) is 5.88 Å². The third kappa shape index (κ3) is 6.22. The predicted molar refractivity (Wildman–Crippen MR) is 137 cm³/mol. The summed E-state index contributed by atoms with van der Waals surface area (Å²) in [5, 5.41) is 0. The Balaban J connectivity index is 1.43. The summed E-state index contributed by atoms with van der Waals surface area (Å²) in [7, 11) is 0. The van der Waals surface area contributed by atoms with Crippen molar-refractivity contribution in [3.8, 4) is 17.0 Å². The molecule has 33 heavy (non-hydrogen) atoms. The Morgan fingerprint density at radius 3 is 2.30 bits per heavy atom. The van der Waals surface area contributed by atoms with Crippen molar-refractivity contribution in [2.75, 3.05) is 6.61 Å². The average molecular weight is 443 g/mol. The monoisotopic (exact) mass is 442 g/mol. The van der Waals surface area contributed by atoms with Crippen LogP contribution in [0.5, 0.6) is 5.88 Å². The van der Waals surface area contributed by atoms with E-state index in [0.29, 0.717) is 18.4 Å². The molecule has 2 aromatic heterocycles. The summed E-state index contributed by atoms with van der Waals surface area (Å²) in [6.45, 7) is 9.74. The molecule has 0 amide bonds. The SMILES string of the molecule is CC(C)CCOc1ccc(-c2ccnc(C(C)c3ccc(C4CCC(C)CC4)cc3)c2)cn1. The molecule has 0 radical (unpaired) electrons. The van der Waals surface area contributed by atoms with Crippen LogP contribution in [0, 0.1) is 11.8 Å². The third-order valence-corrected chi connectivity index (χ3v) is 7.16. The summed E-state index contributed by atoms with van der Waals surface area (Å²) in [6.07, 6.45) is 10.2. The molecule has 3 nitrogen and oxygen atoms in total. The van der Waals surface area contributed by atoms with E-state index in [4.69, 9.17) is 9.72 Å². The van der Waals surface area contributed by atoms with Gasteiger partial charge in [0, 0.05) is 35.6 Å². The lowest BCUT2D eigenvalue weighted by Crippen LogP contribution is -2.10. The molecule has 1 saturated carbocycles. The Bertz CT molecular complexity index is 1000. The number of hydrogen-bond acceptors (Lipinski definition) is 3. The molecule has 0 aliphatic heterocycles. The summed E-state index contributed by atoms with van der Waals surface area (Å²) in [5.41, 5.74) is 6.13. The number of aromatic nitrogens is 2. The maximum absolute atomic E-state index is 5.76. The number of ether oxygens (including phenoxy) is 1. The van der Waals surface area contributed by atoms with Crippen LogP contribution >= 0.6 is 0 Å². The van der Waals surface area contributed by atoms with Gasteiger partial charge in [-0.25, -0.2) is 4.98 Å². The first kappa shape index (κ1) is 23.5. The van der Waals surface area contributed by atoms with Gasteiger partial charge >= 0.3 is 0 Å². The summed E-state index contributed by atoms with van der Waals surface area (Å²) >= 11 is 0. The van der Waals surface area contributed by atoms with E-state index < -0.39 is 0 Å². The summed E-state index contributed by atoms with van der Waals surface area (Å²) in [4.78, 5) is 9.19. The zero-order chi connectivity index (χ0) is 23.2. The van der Waals surface area contributed by atoms with Gasteiger partial charge in [-0.05, 0) is 71.9 Å². The summed E-state index contributed by atoms with van der Waals surface area (Å²) in [6, 6.07) is 17.6. The smallest absolute Gasteiger partial charge is 0.213 e. The fraction of sp³-hybridized carbons (Fsp3) is 0.467. The molecule has 1 unspecified atom stereocenters.